The lowest BCUT2D eigenvalue weighted by Crippen LogP contribution is -2.31. The van der Waals surface area contributed by atoms with Crippen molar-refractivity contribution in [2.45, 2.75) is 32.4 Å². The monoisotopic (exact) mass is 296 g/mol. The molecule has 0 saturated carbocycles. The van der Waals surface area contributed by atoms with Crippen molar-refractivity contribution in [3.8, 4) is 0 Å². The zero-order chi connectivity index (χ0) is 14.7. The van der Waals surface area contributed by atoms with Gasteiger partial charge < -0.3 is 10.1 Å². The molecule has 5 heteroatoms. The first-order valence-electron chi connectivity index (χ1n) is 6.89. The number of likely N-dealkylation sites (tertiary alicyclic amines) is 1. The number of ether oxygens (including phenoxy) is 1. The van der Waals surface area contributed by atoms with Gasteiger partial charge in [-0.25, -0.2) is 4.79 Å². The molecule has 1 unspecified atom stereocenters. The quantitative estimate of drug-likeness (QED) is 0.867. The number of hydrogen-bond acceptors (Lipinski definition) is 4. The normalized spacial score (nSPS) is 19.4. The number of rotatable bonds is 4. The predicted octanol–water partition coefficient (Wildman–Crippen LogP) is 3.02. The molecule has 20 heavy (non-hydrogen) atoms. The number of nitrogens with zero attached hydrogens (tertiary/aromatic N) is 1. The fourth-order valence-corrected chi connectivity index (χ4v) is 2.69. The first-order chi connectivity index (χ1) is 9.51. The van der Waals surface area contributed by atoms with Crippen molar-refractivity contribution in [3.05, 3.63) is 28.8 Å². The van der Waals surface area contributed by atoms with Crippen LogP contribution in [-0.4, -0.2) is 43.2 Å². The number of anilines is 1. The number of carbonyl (C=O) groups is 1. The molecular formula is C15H21ClN2O2. The molecule has 0 aliphatic carbocycles. The van der Waals surface area contributed by atoms with E-state index in [4.69, 9.17) is 16.3 Å². The van der Waals surface area contributed by atoms with Crippen molar-refractivity contribution >= 4 is 23.3 Å². The highest BCUT2D eigenvalue weighted by Gasteiger charge is 2.24. The average molecular weight is 297 g/mol. The first-order valence-corrected chi connectivity index (χ1v) is 7.27. The van der Waals surface area contributed by atoms with Crippen LogP contribution in [0.2, 0.25) is 5.02 Å². The minimum Gasteiger partial charge on any atom is -0.465 e. The Balaban J connectivity index is 2.05. The van der Waals surface area contributed by atoms with E-state index in [1.165, 1.54) is 7.11 Å². The van der Waals surface area contributed by atoms with E-state index in [-0.39, 0.29) is 0 Å². The Morgan fingerprint density at radius 2 is 2.25 bits per heavy atom. The molecule has 110 valence electrons. The molecule has 0 aromatic heterocycles. The van der Waals surface area contributed by atoms with E-state index < -0.39 is 5.97 Å². The van der Waals surface area contributed by atoms with E-state index in [0.717, 1.165) is 25.2 Å². The van der Waals surface area contributed by atoms with Gasteiger partial charge in [0.05, 0.1) is 17.7 Å². The lowest BCUT2D eigenvalue weighted by Gasteiger charge is -2.21. The summed E-state index contributed by atoms with van der Waals surface area (Å²) >= 11 is 6.01. The highest BCUT2D eigenvalue weighted by Crippen LogP contribution is 2.23. The Kier molecular flexibility index (Phi) is 4.89. The van der Waals surface area contributed by atoms with Crippen LogP contribution in [0.15, 0.2) is 18.2 Å². The number of nitrogens with one attached hydrogen (secondary N) is 1. The molecule has 0 radical (unpaired) electrons. The number of esters is 1. The molecule has 1 aliphatic rings. The summed E-state index contributed by atoms with van der Waals surface area (Å²) in [5.74, 6) is -0.408. The van der Waals surface area contributed by atoms with E-state index in [9.17, 15) is 4.79 Å². The maximum absolute atomic E-state index is 11.6. The molecule has 1 saturated heterocycles. The summed E-state index contributed by atoms with van der Waals surface area (Å²) in [6.07, 6.45) is 1.11. The zero-order valence-corrected chi connectivity index (χ0v) is 12.9. The molecule has 0 spiro atoms. The second-order valence-electron chi connectivity index (χ2n) is 5.40. The van der Waals surface area contributed by atoms with Gasteiger partial charge >= 0.3 is 5.97 Å². The number of methoxy groups -OCH3 is 1. The van der Waals surface area contributed by atoms with Gasteiger partial charge in [-0.2, -0.15) is 0 Å². The summed E-state index contributed by atoms with van der Waals surface area (Å²) in [6.45, 7) is 6.54. The summed E-state index contributed by atoms with van der Waals surface area (Å²) in [5, 5.41) is 3.88. The molecule has 1 fully saturated rings. The second-order valence-corrected chi connectivity index (χ2v) is 5.81. The maximum atomic E-state index is 11.6. The Morgan fingerprint density at radius 3 is 2.85 bits per heavy atom. The SMILES string of the molecule is COC(=O)c1cc(NC2CCN(C(C)C)C2)ccc1Cl. The molecule has 1 aliphatic heterocycles. The highest BCUT2D eigenvalue weighted by atomic mass is 35.5. The molecular weight excluding hydrogens is 276 g/mol. The van der Waals surface area contributed by atoms with Crippen LogP contribution in [0.25, 0.3) is 0 Å². The van der Waals surface area contributed by atoms with Crippen molar-refractivity contribution in [1.82, 2.24) is 4.90 Å². The molecule has 0 bridgehead atoms. The summed E-state index contributed by atoms with van der Waals surface area (Å²) in [6, 6.07) is 6.35. The topological polar surface area (TPSA) is 41.6 Å². The zero-order valence-electron chi connectivity index (χ0n) is 12.1. The molecule has 1 aromatic carbocycles. The van der Waals surface area contributed by atoms with Crippen molar-refractivity contribution in [2.75, 3.05) is 25.5 Å². The molecule has 1 aromatic rings. The maximum Gasteiger partial charge on any atom is 0.339 e. The van der Waals surface area contributed by atoms with Gasteiger partial charge in [-0.15, -0.1) is 0 Å². The molecule has 4 nitrogen and oxygen atoms in total. The largest absolute Gasteiger partial charge is 0.465 e. The van der Waals surface area contributed by atoms with Gasteiger partial charge in [-0.1, -0.05) is 11.6 Å². The lowest BCUT2D eigenvalue weighted by atomic mass is 10.1. The number of hydrogen-bond donors (Lipinski definition) is 1. The molecule has 1 atom stereocenters. The van der Waals surface area contributed by atoms with E-state index in [2.05, 4.69) is 24.1 Å². The third-order valence-electron chi connectivity index (χ3n) is 3.69. The Bertz CT molecular complexity index is 491. The third kappa shape index (κ3) is 3.44. The van der Waals surface area contributed by atoms with Gasteiger partial charge in [-0.3, -0.25) is 4.90 Å². The van der Waals surface area contributed by atoms with Crippen molar-refractivity contribution in [2.24, 2.45) is 0 Å². The van der Waals surface area contributed by atoms with Gasteiger partial charge in [-0.05, 0) is 38.5 Å². The van der Waals surface area contributed by atoms with Crippen molar-refractivity contribution < 1.29 is 9.53 Å². The Hall–Kier alpha value is -1.26. The standard InChI is InChI=1S/C15H21ClN2O2/c1-10(2)18-7-6-12(9-18)17-11-4-5-14(16)13(8-11)15(19)20-3/h4-5,8,10,12,17H,6-7,9H2,1-3H3. The number of halogens is 1. The molecule has 1 heterocycles. The summed E-state index contributed by atoms with van der Waals surface area (Å²) in [7, 11) is 1.36. The third-order valence-corrected chi connectivity index (χ3v) is 4.02. The first kappa shape index (κ1) is 15.1. The van der Waals surface area contributed by atoms with Crippen LogP contribution in [-0.2, 0) is 4.74 Å². The van der Waals surface area contributed by atoms with E-state index in [1.54, 1.807) is 12.1 Å². The van der Waals surface area contributed by atoms with Crippen molar-refractivity contribution in [1.29, 1.82) is 0 Å². The van der Waals surface area contributed by atoms with E-state index >= 15 is 0 Å². The fourth-order valence-electron chi connectivity index (χ4n) is 2.49. The van der Waals surface area contributed by atoms with Crippen LogP contribution in [0.5, 0.6) is 0 Å². The highest BCUT2D eigenvalue weighted by molar-refractivity contribution is 6.33. The summed E-state index contributed by atoms with van der Waals surface area (Å²) in [4.78, 5) is 14.1. The second kappa shape index (κ2) is 6.46. The van der Waals surface area contributed by atoms with Crippen LogP contribution in [0.1, 0.15) is 30.6 Å². The summed E-state index contributed by atoms with van der Waals surface area (Å²) < 4.78 is 4.73. The van der Waals surface area contributed by atoms with E-state index in [1.807, 2.05) is 6.07 Å². The van der Waals surface area contributed by atoms with Crippen LogP contribution in [0, 0.1) is 0 Å². The van der Waals surface area contributed by atoms with Crippen LogP contribution < -0.4 is 5.32 Å². The van der Waals surface area contributed by atoms with Crippen LogP contribution >= 0.6 is 11.6 Å². The van der Waals surface area contributed by atoms with Gasteiger partial charge in [0.2, 0.25) is 0 Å². The van der Waals surface area contributed by atoms with E-state index in [0.29, 0.717) is 22.7 Å². The average Bonchev–Trinajstić information content (AvgIpc) is 2.89. The van der Waals surface area contributed by atoms with Crippen molar-refractivity contribution in [3.63, 3.8) is 0 Å². The smallest absolute Gasteiger partial charge is 0.339 e. The van der Waals surface area contributed by atoms with Crippen LogP contribution in [0.4, 0.5) is 5.69 Å². The van der Waals surface area contributed by atoms with Gasteiger partial charge in [0.1, 0.15) is 0 Å². The van der Waals surface area contributed by atoms with Gasteiger partial charge in [0.25, 0.3) is 0 Å². The minimum absolute atomic E-state index is 0.401. The Morgan fingerprint density at radius 1 is 1.50 bits per heavy atom. The lowest BCUT2D eigenvalue weighted by molar-refractivity contribution is 0.0601. The minimum atomic E-state index is -0.408. The molecule has 2 rings (SSSR count). The summed E-state index contributed by atoms with van der Waals surface area (Å²) in [5.41, 5.74) is 1.31. The fraction of sp³-hybridized carbons (Fsp3) is 0.533. The molecule has 1 N–H and O–H groups in total. The number of carbonyl (C=O) groups excluding carboxylic acids is 1. The van der Waals surface area contributed by atoms with Crippen LogP contribution in [0.3, 0.4) is 0 Å². The predicted molar refractivity (Wildman–Crippen MR) is 81.5 cm³/mol. The van der Waals surface area contributed by atoms with Gasteiger partial charge in [0.15, 0.2) is 0 Å². The molecule has 0 amide bonds. The van der Waals surface area contributed by atoms with Gasteiger partial charge in [0, 0.05) is 30.9 Å². The Labute approximate surface area is 125 Å². The number of benzene rings is 1.